The van der Waals surface area contributed by atoms with E-state index >= 15 is 0 Å². The topological polar surface area (TPSA) is 76.1 Å². The summed E-state index contributed by atoms with van der Waals surface area (Å²) in [5.74, 6) is -1.52. The summed E-state index contributed by atoms with van der Waals surface area (Å²) in [7, 11) is 0. The lowest BCUT2D eigenvalue weighted by Gasteiger charge is -2.04. The molecule has 0 fully saturated rings. The Morgan fingerprint density at radius 1 is 0.710 bits per heavy atom. The molecule has 1 heterocycles. The molecular formula is C25H18N2O3S. The number of hydrogen-bond donors (Lipinski definition) is 1. The molecule has 0 atom stereocenters. The van der Waals surface area contributed by atoms with Crippen molar-refractivity contribution in [2.75, 3.05) is 5.32 Å². The molecule has 0 saturated carbocycles. The van der Waals surface area contributed by atoms with E-state index in [2.05, 4.69) is 10.3 Å². The molecule has 0 spiro atoms. The first-order chi connectivity index (χ1) is 15.0. The first-order valence-electron chi connectivity index (χ1n) is 9.61. The van der Waals surface area contributed by atoms with Crippen molar-refractivity contribution in [2.45, 2.75) is 6.92 Å². The van der Waals surface area contributed by atoms with Gasteiger partial charge in [-0.2, -0.15) is 0 Å². The van der Waals surface area contributed by atoms with Crippen LogP contribution in [0.4, 0.5) is 5.13 Å². The largest absolute Gasteiger partial charge is 0.298 e. The number of thiazole rings is 1. The highest BCUT2D eigenvalue weighted by atomic mass is 32.1. The van der Waals surface area contributed by atoms with Crippen molar-refractivity contribution < 1.29 is 14.4 Å². The van der Waals surface area contributed by atoms with Crippen molar-refractivity contribution in [1.82, 2.24) is 4.98 Å². The van der Waals surface area contributed by atoms with Crippen LogP contribution in [-0.2, 0) is 0 Å². The molecule has 0 bridgehead atoms. The standard InChI is InChI=1S/C25H18N2O3S/c1-16-21(17-8-4-2-5-9-17)26-25(31-16)27-24(30)20-14-12-19(13-15-20)23(29)22(28)18-10-6-3-7-11-18/h2-15H,1H3,(H,26,27,30). The van der Waals surface area contributed by atoms with Crippen LogP contribution in [0.15, 0.2) is 84.9 Å². The van der Waals surface area contributed by atoms with E-state index in [4.69, 9.17) is 0 Å². The van der Waals surface area contributed by atoms with Gasteiger partial charge in [-0.3, -0.25) is 19.7 Å². The molecule has 0 radical (unpaired) electrons. The zero-order valence-corrected chi connectivity index (χ0v) is 17.5. The average molecular weight is 426 g/mol. The van der Waals surface area contributed by atoms with Crippen LogP contribution in [0.5, 0.6) is 0 Å². The number of rotatable bonds is 6. The maximum absolute atomic E-state index is 12.6. The number of carbonyl (C=O) groups excluding carboxylic acids is 3. The lowest BCUT2D eigenvalue weighted by atomic mass is 10.0. The minimum atomic E-state index is -0.610. The van der Waals surface area contributed by atoms with Gasteiger partial charge in [0, 0.05) is 27.1 Å². The molecule has 3 aromatic carbocycles. The van der Waals surface area contributed by atoms with Gasteiger partial charge in [-0.25, -0.2) is 4.98 Å². The summed E-state index contributed by atoms with van der Waals surface area (Å²) in [6.07, 6.45) is 0. The molecule has 0 aliphatic carbocycles. The molecule has 4 rings (SSSR count). The summed E-state index contributed by atoms with van der Waals surface area (Å²) in [6, 6.07) is 24.2. The van der Waals surface area contributed by atoms with E-state index in [1.807, 2.05) is 37.3 Å². The first-order valence-corrected chi connectivity index (χ1v) is 10.4. The van der Waals surface area contributed by atoms with Crippen molar-refractivity contribution in [3.05, 3.63) is 106 Å². The predicted molar refractivity (Wildman–Crippen MR) is 122 cm³/mol. The van der Waals surface area contributed by atoms with Gasteiger partial charge in [0.15, 0.2) is 5.13 Å². The second kappa shape index (κ2) is 8.85. The number of amides is 1. The predicted octanol–water partition coefficient (Wildman–Crippen LogP) is 5.44. The van der Waals surface area contributed by atoms with E-state index in [0.29, 0.717) is 16.3 Å². The van der Waals surface area contributed by atoms with Crippen LogP contribution in [0, 0.1) is 6.92 Å². The smallest absolute Gasteiger partial charge is 0.257 e. The molecule has 1 N–H and O–H groups in total. The minimum Gasteiger partial charge on any atom is -0.298 e. The van der Waals surface area contributed by atoms with Gasteiger partial charge >= 0.3 is 0 Å². The quantitative estimate of drug-likeness (QED) is 0.329. The van der Waals surface area contributed by atoms with Crippen LogP contribution in [0.3, 0.4) is 0 Å². The molecule has 0 saturated heterocycles. The van der Waals surface area contributed by atoms with E-state index in [0.717, 1.165) is 16.1 Å². The zero-order chi connectivity index (χ0) is 21.8. The molecule has 0 unspecified atom stereocenters. The third-order valence-electron chi connectivity index (χ3n) is 4.72. The van der Waals surface area contributed by atoms with Gasteiger partial charge in [-0.1, -0.05) is 72.8 Å². The molecule has 0 aliphatic rings. The number of carbonyl (C=O) groups is 3. The molecule has 152 valence electrons. The lowest BCUT2D eigenvalue weighted by Crippen LogP contribution is -2.15. The monoisotopic (exact) mass is 426 g/mol. The highest BCUT2D eigenvalue weighted by molar-refractivity contribution is 7.16. The van der Waals surface area contributed by atoms with E-state index < -0.39 is 11.6 Å². The van der Waals surface area contributed by atoms with Crippen LogP contribution >= 0.6 is 11.3 Å². The fourth-order valence-corrected chi connectivity index (χ4v) is 3.94. The van der Waals surface area contributed by atoms with Crippen LogP contribution < -0.4 is 5.32 Å². The van der Waals surface area contributed by atoms with Gasteiger partial charge in [-0.15, -0.1) is 11.3 Å². The Hall–Kier alpha value is -3.90. The van der Waals surface area contributed by atoms with Crippen molar-refractivity contribution in [3.8, 4) is 11.3 Å². The molecule has 31 heavy (non-hydrogen) atoms. The van der Waals surface area contributed by atoms with E-state index in [1.165, 1.54) is 35.6 Å². The molecule has 1 aromatic heterocycles. The highest BCUT2D eigenvalue weighted by Gasteiger charge is 2.19. The summed E-state index contributed by atoms with van der Waals surface area (Å²) >= 11 is 1.40. The van der Waals surface area contributed by atoms with Gasteiger partial charge in [0.25, 0.3) is 5.91 Å². The minimum absolute atomic E-state index is 0.238. The molecular weight excluding hydrogens is 408 g/mol. The van der Waals surface area contributed by atoms with Crippen molar-refractivity contribution in [3.63, 3.8) is 0 Å². The van der Waals surface area contributed by atoms with Gasteiger partial charge in [-0.05, 0) is 19.1 Å². The van der Waals surface area contributed by atoms with E-state index in [-0.39, 0.29) is 11.5 Å². The number of aromatic nitrogens is 1. The zero-order valence-electron chi connectivity index (χ0n) is 16.7. The van der Waals surface area contributed by atoms with Gasteiger partial charge in [0.2, 0.25) is 11.6 Å². The van der Waals surface area contributed by atoms with Crippen molar-refractivity contribution in [2.24, 2.45) is 0 Å². The number of nitrogens with zero attached hydrogens (tertiary/aromatic N) is 1. The Kier molecular flexibility index (Phi) is 5.82. The Morgan fingerprint density at radius 2 is 1.23 bits per heavy atom. The fraction of sp³-hybridized carbons (Fsp3) is 0.0400. The van der Waals surface area contributed by atoms with Crippen LogP contribution in [0.2, 0.25) is 0 Å². The number of Topliss-reactive ketones (excluding diaryl/α,β-unsaturated/α-hetero) is 2. The fourth-order valence-electron chi connectivity index (χ4n) is 3.11. The average Bonchev–Trinajstić information content (AvgIpc) is 3.19. The second-order valence-electron chi connectivity index (χ2n) is 6.85. The normalized spacial score (nSPS) is 10.5. The molecule has 4 aromatic rings. The summed E-state index contributed by atoms with van der Waals surface area (Å²) in [4.78, 5) is 42.9. The molecule has 5 nitrogen and oxygen atoms in total. The summed E-state index contributed by atoms with van der Waals surface area (Å²) in [5.41, 5.74) is 2.77. The number of anilines is 1. The van der Waals surface area contributed by atoms with Crippen molar-refractivity contribution in [1.29, 1.82) is 0 Å². The number of ketones is 2. The highest BCUT2D eigenvalue weighted by Crippen LogP contribution is 2.30. The van der Waals surface area contributed by atoms with Crippen LogP contribution in [-0.4, -0.2) is 22.5 Å². The van der Waals surface area contributed by atoms with Crippen LogP contribution in [0.25, 0.3) is 11.3 Å². The number of hydrogen-bond acceptors (Lipinski definition) is 5. The van der Waals surface area contributed by atoms with E-state index in [9.17, 15) is 14.4 Å². The number of aryl methyl sites for hydroxylation is 1. The van der Waals surface area contributed by atoms with E-state index in [1.54, 1.807) is 30.3 Å². The first kappa shape index (κ1) is 20.4. The third kappa shape index (κ3) is 4.49. The Labute approximate surface area is 183 Å². The molecule has 6 heteroatoms. The van der Waals surface area contributed by atoms with Crippen LogP contribution in [0.1, 0.15) is 36.0 Å². The maximum atomic E-state index is 12.6. The summed E-state index contributed by atoms with van der Waals surface area (Å²) < 4.78 is 0. The summed E-state index contributed by atoms with van der Waals surface area (Å²) in [5, 5.41) is 3.30. The maximum Gasteiger partial charge on any atom is 0.257 e. The van der Waals surface area contributed by atoms with Gasteiger partial charge in [0.1, 0.15) is 0 Å². The Morgan fingerprint density at radius 3 is 1.84 bits per heavy atom. The Balaban J connectivity index is 1.47. The molecule has 1 amide bonds. The lowest BCUT2D eigenvalue weighted by molar-refractivity contribution is 0.0817. The SMILES string of the molecule is Cc1sc(NC(=O)c2ccc(C(=O)C(=O)c3ccccc3)cc2)nc1-c1ccccc1. The molecule has 0 aliphatic heterocycles. The Bertz CT molecular complexity index is 1250. The van der Waals surface area contributed by atoms with Crippen molar-refractivity contribution >= 4 is 33.9 Å². The second-order valence-corrected chi connectivity index (χ2v) is 8.05. The van der Waals surface area contributed by atoms with Gasteiger partial charge in [0.05, 0.1) is 5.69 Å². The van der Waals surface area contributed by atoms with Gasteiger partial charge < -0.3 is 0 Å². The number of benzene rings is 3. The summed E-state index contributed by atoms with van der Waals surface area (Å²) in [6.45, 7) is 1.96. The number of nitrogens with one attached hydrogen (secondary N) is 1. The third-order valence-corrected chi connectivity index (χ3v) is 5.60.